The van der Waals surface area contributed by atoms with Crippen LogP contribution < -0.4 is 0 Å². The van der Waals surface area contributed by atoms with Crippen LogP contribution in [0.5, 0.6) is 0 Å². The minimum absolute atomic E-state index is 0.581. The highest BCUT2D eigenvalue weighted by Gasteiger charge is 2.16. The Hall–Kier alpha value is -0.120. The molecule has 0 aromatic heterocycles. The number of aliphatic hydroxyl groups excluding tert-OH is 1. The zero-order chi connectivity index (χ0) is 8.81. The molecule has 0 amide bonds. The summed E-state index contributed by atoms with van der Waals surface area (Å²) < 4.78 is 5.12. The number of likely N-dealkylation sites (tertiary alicyclic amines) is 1. The molecule has 0 aromatic rings. The molecule has 1 atom stereocenters. The average Bonchev–Trinajstić information content (AvgIpc) is 2.32. The van der Waals surface area contributed by atoms with Crippen molar-refractivity contribution in [2.45, 2.75) is 39.0 Å². The van der Waals surface area contributed by atoms with Crippen LogP contribution in [0.25, 0.3) is 0 Å². The highest BCUT2D eigenvalue weighted by molar-refractivity contribution is 4.61. The molecule has 1 saturated heterocycles. The number of hydrogen-bond donors (Lipinski definition) is 1. The van der Waals surface area contributed by atoms with Crippen LogP contribution in [0.2, 0.25) is 0 Å². The van der Waals surface area contributed by atoms with Gasteiger partial charge in [-0.1, -0.05) is 12.8 Å². The minimum atomic E-state index is -0.673. The first-order valence-electron chi connectivity index (χ1n) is 4.88. The Bertz CT molecular complexity index is 111. The fraction of sp³-hybridized carbons (Fsp3) is 1.00. The molecule has 1 aliphatic heterocycles. The minimum Gasteiger partial charge on any atom is -0.356 e. The van der Waals surface area contributed by atoms with Gasteiger partial charge in [-0.2, -0.15) is 0 Å². The molecule has 0 saturated carbocycles. The van der Waals surface area contributed by atoms with E-state index < -0.39 is 6.41 Å². The lowest BCUT2D eigenvalue weighted by atomic mass is 10.2. The standard InChI is InChI=1S/C9H19NO2/c1-2-12-9(11)10-7-5-3-4-6-8-10/h9,11H,2-8H2,1H3. The highest BCUT2D eigenvalue weighted by Crippen LogP contribution is 2.11. The van der Waals surface area contributed by atoms with Crippen molar-refractivity contribution in [2.24, 2.45) is 0 Å². The maximum absolute atomic E-state index is 9.50. The quantitative estimate of drug-likeness (QED) is 0.650. The molecular weight excluding hydrogens is 154 g/mol. The summed E-state index contributed by atoms with van der Waals surface area (Å²) in [5, 5.41) is 9.50. The highest BCUT2D eigenvalue weighted by atomic mass is 16.6. The molecule has 1 heterocycles. The van der Waals surface area contributed by atoms with Gasteiger partial charge in [-0.05, 0) is 19.8 Å². The maximum Gasteiger partial charge on any atom is 0.216 e. The molecule has 0 spiro atoms. The predicted octanol–water partition coefficient (Wildman–Crippen LogP) is 1.17. The third-order valence-corrected chi connectivity index (χ3v) is 2.27. The summed E-state index contributed by atoms with van der Waals surface area (Å²) in [4.78, 5) is 2.01. The van der Waals surface area contributed by atoms with E-state index in [0.717, 1.165) is 13.1 Å². The van der Waals surface area contributed by atoms with Crippen LogP contribution in [0, 0.1) is 0 Å². The molecule has 1 N–H and O–H groups in total. The van der Waals surface area contributed by atoms with E-state index in [1.165, 1.54) is 25.7 Å². The SMILES string of the molecule is CCOC(O)N1CCCCCC1. The van der Waals surface area contributed by atoms with Gasteiger partial charge in [-0.3, -0.25) is 4.90 Å². The first-order valence-corrected chi connectivity index (χ1v) is 4.88. The van der Waals surface area contributed by atoms with Crippen LogP contribution in [-0.2, 0) is 4.74 Å². The second-order valence-corrected chi connectivity index (χ2v) is 3.23. The normalized spacial score (nSPS) is 23.5. The number of ether oxygens (including phenoxy) is 1. The topological polar surface area (TPSA) is 32.7 Å². The van der Waals surface area contributed by atoms with Crippen LogP contribution >= 0.6 is 0 Å². The van der Waals surface area contributed by atoms with E-state index in [2.05, 4.69) is 0 Å². The van der Waals surface area contributed by atoms with Crippen LogP contribution in [-0.4, -0.2) is 36.1 Å². The van der Waals surface area contributed by atoms with Gasteiger partial charge in [0, 0.05) is 19.7 Å². The second-order valence-electron chi connectivity index (χ2n) is 3.23. The fourth-order valence-corrected chi connectivity index (χ4v) is 1.57. The molecule has 72 valence electrons. The second kappa shape index (κ2) is 5.51. The molecule has 12 heavy (non-hydrogen) atoms. The van der Waals surface area contributed by atoms with Gasteiger partial charge in [0.1, 0.15) is 0 Å². The van der Waals surface area contributed by atoms with Crippen molar-refractivity contribution in [3.8, 4) is 0 Å². The first-order chi connectivity index (χ1) is 5.84. The fourth-order valence-electron chi connectivity index (χ4n) is 1.57. The molecule has 1 unspecified atom stereocenters. The van der Waals surface area contributed by atoms with Crippen LogP contribution in [0.4, 0.5) is 0 Å². The van der Waals surface area contributed by atoms with E-state index in [4.69, 9.17) is 4.74 Å². The van der Waals surface area contributed by atoms with Crippen LogP contribution in [0.15, 0.2) is 0 Å². The molecule has 0 aromatic carbocycles. The first kappa shape index (κ1) is 9.96. The Morgan fingerprint density at radius 2 is 1.83 bits per heavy atom. The Balaban J connectivity index is 2.27. The molecule has 1 aliphatic rings. The largest absolute Gasteiger partial charge is 0.356 e. The van der Waals surface area contributed by atoms with Gasteiger partial charge in [-0.15, -0.1) is 0 Å². The summed E-state index contributed by atoms with van der Waals surface area (Å²) in [7, 11) is 0. The van der Waals surface area contributed by atoms with E-state index in [1.54, 1.807) is 0 Å². The summed E-state index contributed by atoms with van der Waals surface area (Å²) >= 11 is 0. The van der Waals surface area contributed by atoms with Crippen LogP contribution in [0.1, 0.15) is 32.6 Å². The number of nitrogens with zero attached hydrogens (tertiary/aromatic N) is 1. The van der Waals surface area contributed by atoms with Gasteiger partial charge in [0.25, 0.3) is 0 Å². The zero-order valence-electron chi connectivity index (χ0n) is 7.83. The summed E-state index contributed by atoms with van der Waals surface area (Å²) in [6, 6.07) is 0. The van der Waals surface area contributed by atoms with Crippen molar-refractivity contribution in [1.82, 2.24) is 4.90 Å². The number of rotatable bonds is 3. The lowest BCUT2D eigenvalue weighted by Gasteiger charge is -2.25. The van der Waals surface area contributed by atoms with Crippen molar-refractivity contribution < 1.29 is 9.84 Å². The molecule has 0 bridgehead atoms. The van der Waals surface area contributed by atoms with Crippen molar-refractivity contribution in [1.29, 1.82) is 0 Å². The van der Waals surface area contributed by atoms with Crippen LogP contribution in [0.3, 0.4) is 0 Å². The predicted molar refractivity (Wildman–Crippen MR) is 47.7 cm³/mol. The third-order valence-electron chi connectivity index (χ3n) is 2.27. The van der Waals surface area contributed by atoms with E-state index >= 15 is 0 Å². The Morgan fingerprint density at radius 3 is 2.33 bits per heavy atom. The maximum atomic E-state index is 9.50. The zero-order valence-corrected chi connectivity index (χ0v) is 7.83. The summed E-state index contributed by atoms with van der Waals surface area (Å²) in [6.07, 6.45) is 4.27. The number of hydrogen-bond acceptors (Lipinski definition) is 3. The molecule has 3 heteroatoms. The van der Waals surface area contributed by atoms with Crippen molar-refractivity contribution in [3.63, 3.8) is 0 Å². The molecule has 1 fully saturated rings. The Labute approximate surface area is 74.3 Å². The lowest BCUT2D eigenvalue weighted by Crippen LogP contribution is -2.37. The van der Waals surface area contributed by atoms with Gasteiger partial charge in [0.05, 0.1) is 0 Å². The lowest BCUT2D eigenvalue weighted by molar-refractivity contribution is -0.189. The smallest absolute Gasteiger partial charge is 0.216 e. The Kier molecular flexibility index (Phi) is 4.58. The molecular formula is C9H19NO2. The van der Waals surface area contributed by atoms with E-state index in [9.17, 15) is 5.11 Å². The summed E-state index contributed by atoms with van der Waals surface area (Å²) in [5.41, 5.74) is 0. The Morgan fingerprint density at radius 1 is 1.25 bits per heavy atom. The van der Waals surface area contributed by atoms with Gasteiger partial charge in [-0.25, -0.2) is 0 Å². The van der Waals surface area contributed by atoms with Gasteiger partial charge in [0.15, 0.2) is 0 Å². The molecule has 1 rings (SSSR count). The average molecular weight is 173 g/mol. The van der Waals surface area contributed by atoms with E-state index in [1.807, 2.05) is 11.8 Å². The van der Waals surface area contributed by atoms with E-state index in [0.29, 0.717) is 6.61 Å². The van der Waals surface area contributed by atoms with Crippen molar-refractivity contribution in [3.05, 3.63) is 0 Å². The van der Waals surface area contributed by atoms with Crippen molar-refractivity contribution >= 4 is 0 Å². The molecule has 0 radical (unpaired) electrons. The van der Waals surface area contributed by atoms with Gasteiger partial charge < -0.3 is 9.84 Å². The van der Waals surface area contributed by atoms with Crippen molar-refractivity contribution in [2.75, 3.05) is 19.7 Å². The van der Waals surface area contributed by atoms with Gasteiger partial charge >= 0.3 is 0 Å². The number of aliphatic hydroxyl groups is 1. The summed E-state index contributed by atoms with van der Waals surface area (Å²) in [6.45, 7) is 4.43. The summed E-state index contributed by atoms with van der Waals surface area (Å²) in [5.74, 6) is 0. The monoisotopic (exact) mass is 173 g/mol. The van der Waals surface area contributed by atoms with E-state index in [-0.39, 0.29) is 0 Å². The molecule has 0 aliphatic carbocycles. The third kappa shape index (κ3) is 3.09. The molecule has 3 nitrogen and oxygen atoms in total. The van der Waals surface area contributed by atoms with Gasteiger partial charge in [0.2, 0.25) is 6.41 Å².